The van der Waals surface area contributed by atoms with Gasteiger partial charge < -0.3 is 10.3 Å². The molecule has 3 aromatic rings. The molecule has 122 valence electrons. The number of pyridine rings is 1. The van der Waals surface area contributed by atoms with Gasteiger partial charge in [-0.05, 0) is 43.0 Å². The summed E-state index contributed by atoms with van der Waals surface area (Å²) in [6.07, 6.45) is 5.52. The molecule has 1 saturated carbocycles. The predicted octanol–water partition coefficient (Wildman–Crippen LogP) is 4.75. The maximum absolute atomic E-state index is 12.9. The Hall–Kier alpha value is -2.04. The van der Waals surface area contributed by atoms with E-state index in [0.29, 0.717) is 27.2 Å². The van der Waals surface area contributed by atoms with Crippen molar-refractivity contribution in [2.75, 3.05) is 0 Å². The molecule has 6 heteroatoms. The van der Waals surface area contributed by atoms with Crippen LogP contribution >= 0.6 is 23.2 Å². The van der Waals surface area contributed by atoms with Crippen LogP contribution in [0.3, 0.4) is 0 Å². The highest BCUT2D eigenvalue weighted by molar-refractivity contribution is 6.36. The minimum Gasteiger partial charge on any atom is -0.346 e. The van der Waals surface area contributed by atoms with Gasteiger partial charge in [-0.15, -0.1) is 0 Å². The van der Waals surface area contributed by atoms with E-state index in [4.69, 9.17) is 23.2 Å². The van der Waals surface area contributed by atoms with Crippen molar-refractivity contribution in [1.29, 1.82) is 0 Å². The molecule has 2 heterocycles. The number of aromatic amines is 1. The molecule has 1 fully saturated rings. The molecule has 1 aliphatic carbocycles. The number of nitrogens with one attached hydrogen (secondary N) is 2. The molecule has 0 radical (unpaired) electrons. The van der Waals surface area contributed by atoms with Gasteiger partial charge in [-0.3, -0.25) is 4.79 Å². The van der Waals surface area contributed by atoms with E-state index in [0.717, 1.165) is 23.8 Å². The Labute approximate surface area is 149 Å². The lowest BCUT2D eigenvalue weighted by atomic mass is 10.0. The van der Waals surface area contributed by atoms with Crippen molar-refractivity contribution in [2.45, 2.75) is 18.9 Å². The van der Waals surface area contributed by atoms with Crippen LogP contribution in [0.1, 0.15) is 34.8 Å². The topological polar surface area (TPSA) is 57.8 Å². The number of amides is 1. The maximum atomic E-state index is 12.9. The third-order valence-corrected chi connectivity index (χ3v) is 5.05. The molecule has 1 unspecified atom stereocenters. The van der Waals surface area contributed by atoms with Crippen molar-refractivity contribution < 1.29 is 4.79 Å². The lowest BCUT2D eigenvalue weighted by molar-refractivity contribution is 0.0933. The fraction of sp³-hybridized carbons (Fsp3) is 0.222. The fourth-order valence-electron chi connectivity index (χ4n) is 3.04. The van der Waals surface area contributed by atoms with E-state index < -0.39 is 0 Å². The van der Waals surface area contributed by atoms with Gasteiger partial charge in [-0.2, -0.15) is 0 Å². The van der Waals surface area contributed by atoms with Crippen LogP contribution in [-0.2, 0) is 0 Å². The number of halogens is 2. The molecular weight excluding hydrogens is 345 g/mol. The summed E-state index contributed by atoms with van der Waals surface area (Å²) in [7, 11) is 0. The van der Waals surface area contributed by atoms with E-state index in [2.05, 4.69) is 15.3 Å². The number of H-pyrrole nitrogens is 1. The largest absolute Gasteiger partial charge is 0.346 e. The molecule has 1 aromatic carbocycles. The quantitative estimate of drug-likeness (QED) is 0.705. The molecule has 1 atom stereocenters. The molecule has 4 rings (SSSR count). The first-order chi connectivity index (χ1) is 11.6. The number of hydrogen-bond acceptors (Lipinski definition) is 2. The van der Waals surface area contributed by atoms with Crippen molar-refractivity contribution in [3.8, 4) is 0 Å². The van der Waals surface area contributed by atoms with Crippen LogP contribution in [-0.4, -0.2) is 15.9 Å². The van der Waals surface area contributed by atoms with Gasteiger partial charge in [-0.25, -0.2) is 4.98 Å². The molecule has 2 N–H and O–H groups in total. The van der Waals surface area contributed by atoms with Crippen LogP contribution in [0.4, 0.5) is 0 Å². The summed E-state index contributed by atoms with van der Waals surface area (Å²) >= 11 is 12.7. The molecule has 1 amide bonds. The summed E-state index contributed by atoms with van der Waals surface area (Å²) < 4.78 is 0. The molecule has 0 spiro atoms. The number of aromatic nitrogens is 2. The average Bonchev–Trinajstić information content (AvgIpc) is 3.29. The van der Waals surface area contributed by atoms with Crippen molar-refractivity contribution in [3.63, 3.8) is 0 Å². The highest BCUT2D eigenvalue weighted by Gasteiger charge is 2.36. The Morgan fingerprint density at radius 3 is 2.67 bits per heavy atom. The highest BCUT2D eigenvalue weighted by Crippen LogP contribution is 2.45. The van der Waals surface area contributed by atoms with Gasteiger partial charge in [-0.1, -0.05) is 29.3 Å². The standard InChI is InChI=1S/C18H15Cl2N3O/c19-13-2-1-3-14(20)15(13)16(10-4-5-10)23-18(24)12-7-9-22-17-11(12)6-8-21-17/h1-3,6-10,16H,4-5H2,(H,21,22)(H,23,24). The number of carbonyl (C=O) groups excluding carboxylic acids is 1. The molecule has 1 aliphatic rings. The summed E-state index contributed by atoms with van der Waals surface area (Å²) in [5, 5.41) is 5.10. The Bertz CT molecular complexity index is 897. The molecule has 24 heavy (non-hydrogen) atoms. The number of carbonyl (C=O) groups is 1. The van der Waals surface area contributed by atoms with Crippen LogP contribution in [0.25, 0.3) is 11.0 Å². The first-order valence-electron chi connectivity index (χ1n) is 7.82. The first kappa shape index (κ1) is 15.5. The van der Waals surface area contributed by atoms with Gasteiger partial charge in [0.2, 0.25) is 0 Å². The number of hydrogen-bond donors (Lipinski definition) is 2. The summed E-state index contributed by atoms with van der Waals surface area (Å²) in [6, 6.07) is 8.82. The number of rotatable bonds is 4. The van der Waals surface area contributed by atoms with Crippen LogP contribution in [0.2, 0.25) is 10.0 Å². The second-order valence-corrected chi connectivity index (χ2v) is 6.84. The minimum absolute atomic E-state index is 0.144. The zero-order valence-electron chi connectivity index (χ0n) is 12.7. The van der Waals surface area contributed by atoms with E-state index in [1.54, 1.807) is 30.6 Å². The number of fused-ring (bicyclic) bond motifs is 1. The third kappa shape index (κ3) is 2.76. The highest BCUT2D eigenvalue weighted by atomic mass is 35.5. The normalized spacial score (nSPS) is 15.4. The molecule has 0 aliphatic heterocycles. The van der Waals surface area contributed by atoms with E-state index in [-0.39, 0.29) is 11.9 Å². The van der Waals surface area contributed by atoms with Crippen molar-refractivity contribution in [1.82, 2.24) is 15.3 Å². The molecule has 0 saturated heterocycles. The zero-order chi connectivity index (χ0) is 16.7. The van der Waals surface area contributed by atoms with Gasteiger partial charge in [0.25, 0.3) is 5.91 Å². The molecule has 0 bridgehead atoms. The zero-order valence-corrected chi connectivity index (χ0v) is 14.2. The second-order valence-electron chi connectivity index (χ2n) is 6.02. The predicted molar refractivity (Wildman–Crippen MR) is 95.5 cm³/mol. The molecule has 2 aromatic heterocycles. The molecular formula is C18H15Cl2N3O. The Balaban J connectivity index is 1.69. The van der Waals surface area contributed by atoms with E-state index in [9.17, 15) is 4.79 Å². The summed E-state index contributed by atoms with van der Waals surface area (Å²) in [4.78, 5) is 20.1. The van der Waals surface area contributed by atoms with Gasteiger partial charge in [0, 0.05) is 33.4 Å². The van der Waals surface area contributed by atoms with Gasteiger partial charge in [0.1, 0.15) is 5.65 Å². The van der Waals surface area contributed by atoms with Gasteiger partial charge >= 0.3 is 0 Å². The lowest BCUT2D eigenvalue weighted by Gasteiger charge is -2.21. The van der Waals surface area contributed by atoms with Gasteiger partial charge in [0.05, 0.1) is 11.6 Å². The summed E-state index contributed by atoms with van der Waals surface area (Å²) in [5.41, 5.74) is 2.09. The Morgan fingerprint density at radius 1 is 1.21 bits per heavy atom. The van der Waals surface area contributed by atoms with Crippen LogP contribution < -0.4 is 5.32 Å². The first-order valence-corrected chi connectivity index (χ1v) is 8.57. The lowest BCUT2D eigenvalue weighted by Crippen LogP contribution is -2.30. The van der Waals surface area contributed by atoms with E-state index >= 15 is 0 Å². The molecule has 4 nitrogen and oxygen atoms in total. The van der Waals surface area contributed by atoms with Crippen LogP contribution in [0.15, 0.2) is 42.7 Å². The van der Waals surface area contributed by atoms with Crippen molar-refractivity contribution in [3.05, 3.63) is 63.9 Å². The Kier molecular flexibility index (Phi) is 3.94. The maximum Gasteiger partial charge on any atom is 0.252 e. The summed E-state index contributed by atoms with van der Waals surface area (Å²) in [6.45, 7) is 0. The van der Waals surface area contributed by atoms with E-state index in [1.165, 1.54) is 0 Å². The Morgan fingerprint density at radius 2 is 1.96 bits per heavy atom. The minimum atomic E-state index is -0.180. The van der Waals surface area contributed by atoms with E-state index in [1.807, 2.05) is 12.1 Å². The van der Waals surface area contributed by atoms with Crippen molar-refractivity contribution >= 4 is 40.1 Å². The second kappa shape index (κ2) is 6.11. The fourth-order valence-corrected chi connectivity index (χ4v) is 3.67. The smallest absolute Gasteiger partial charge is 0.252 e. The van der Waals surface area contributed by atoms with Crippen LogP contribution in [0.5, 0.6) is 0 Å². The average molecular weight is 360 g/mol. The van der Waals surface area contributed by atoms with Crippen LogP contribution in [0, 0.1) is 5.92 Å². The SMILES string of the molecule is O=C(NC(c1c(Cl)cccc1Cl)C1CC1)c1ccnc2[nH]ccc12. The number of nitrogens with zero attached hydrogens (tertiary/aromatic N) is 1. The monoisotopic (exact) mass is 359 g/mol. The van der Waals surface area contributed by atoms with Gasteiger partial charge in [0.15, 0.2) is 0 Å². The third-order valence-electron chi connectivity index (χ3n) is 4.40. The number of benzene rings is 1. The van der Waals surface area contributed by atoms with Crippen molar-refractivity contribution in [2.24, 2.45) is 5.92 Å². The summed E-state index contributed by atoms with van der Waals surface area (Å²) in [5.74, 6) is 0.227.